The van der Waals surface area contributed by atoms with Gasteiger partial charge < -0.3 is 20.7 Å². The summed E-state index contributed by atoms with van der Waals surface area (Å²) in [7, 11) is 0. The first-order valence-corrected chi connectivity index (χ1v) is 10.3. The van der Waals surface area contributed by atoms with Gasteiger partial charge in [-0.15, -0.1) is 0 Å². The molecule has 4 aromatic rings. The number of nitrogens with two attached hydrogens (primary N) is 1. The number of hydrogen-bond donors (Lipinski definition) is 2. The Labute approximate surface area is 181 Å². The van der Waals surface area contributed by atoms with E-state index in [2.05, 4.69) is 44.5 Å². The van der Waals surface area contributed by atoms with Crippen LogP contribution >= 0.6 is 0 Å². The van der Waals surface area contributed by atoms with Gasteiger partial charge in [0.05, 0.1) is 0 Å². The van der Waals surface area contributed by atoms with E-state index in [1.807, 2.05) is 60.7 Å². The summed E-state index contributed by atoms with van der Waals surface area (Å²) in [6.07, 6.45) is 0.992. The van der Waals surface area contributed by atoms with Gasteiger partial charge in [-0.3, -0.25) is 0 Å². The van der Waals surface area contributed by atoms with Gasteiger partial charge >= 0.3 is 0 Å². The number of nitrogens with zero attached hydrogens (tertiary/aromatic N) is 3. The van der Waals surface area contributed by atoms with Crippen LogP contribution in [-0.4, -0.2) is 16.5 Å². The molecule has 0 fully saturated rings. The Balaban J connectivity index is 1.31. The monoisotopic (exact) mass is 409 g/mol. The molecule has 2 heterocycles. The number of nitrogen functional groups attached to an aromatic ring is 1. The molecular weight excluding hydrogens is 386 g/mol. The topological polar surface area (TPSA) is 76.3 Å². The summed E-state index contributed by atoms with van der Waals surface area (Å²) in [5.74, 6) is 3.32. The minimum absolute atomic E-state index is 0.253. The lowest BCUT2D eigenvalue weighted by Gasteiger charge is -2.30. The molecule has 0 unspecified atom stereocenters. The van der Waals surface area contributed by atoms with Crippen molar-refractivity contribution in [2.24, 2.45) is 0 Å². The van der Waals surface area contributed by atoms with Gasteiger partial charge in [0.1, 0.15) is 23.1 Å². The fourth-order valence-corrected chi connectivity index (χ4v) is 3.75. The zero-order valence-corrected chi connectivity index (χ0v) is 17.0. The number of anilines is 4. The van der Waals surface area contributed by atoms with Crippen molar-refractivity contribution in [3.63, 3.8) is 0 Å². The third-order valence-corrected chi connectivity index (χ3v) is 5.29. The summed E-state index contributed by atoms with van der Waals surface area (Å²) in [5, 5.41) is 3.32. The van der Waals surface area contributed by atoms with Crippen molar-refractivity contribution in [3.8, 4) is 11.5 Å². The van der Waals surface area contributed by atoms with Gasteiger partial charge in [0.25, 0.3) is 0 Å². The molecule has 0 saturated heterocycles. The van der Waals surface area contributed by atoms with Crippen LogP contribution in [0.3, 0.4) is 0 Å². The van der Waals surface area contributed by atoms with Crippen molar-refractivity contribution in [2.45, 2.75) is 13.0 Å². The maximum atomic E-state index is 6.02. The molecule has 154 valence electrons. The van der Waals surface area contributed by atoms with E-state index in [1.54, 1.807) is 0 Å². The maximum absolute atomic E-state index is 6.02. The number of hydrogen-bond acceptors (Lipinski definition) is 6. The average molecular weight is 409 g/mol. The lowest BCUT2D eigenvalue weighted by atomic mass is 10.00. The Bertz CT molecular complexity index is 1180. The number of nitrogens with one attached hydrogen (secondary N) is 1. The fourth-order valence-electron chi connectivity index (χ4n) is 3.75. The number of benzene rings is 3. The third-order valence-electron chi connectivity index (χ3n) is 5.29. The van der Waals surface area contributed by atoms with E-state index in [0.717, 1.165) is 42.5 Å². The second kappa shape index (κ2) is 8.36. The van der Waals surface area contributed by atoms with Gasteiger partial charge in [-0.2, -0.15) is 9.97 Å². The van der Waals surface area contributed by atoms with E-state index >= 15 is 0 Å². The van der Waals surface area contributed by atoms with Gasteiger partial charge in [-0.1, -0.05) is 42.5 Å². The highest BCUT2D eigenvalue weighted by molar-refractivity contribution is 5.62. The number of aromatic nitrogens is 2. The van der Waals surface area contributed by atoms with Crippen LogP contribution in [0.4, 0.5) is 23.3 Å². The molecule has 1 aliphatic heterocycles. The first-order chi connectivity index (χ1) is 15.2. The SMILES string of the molecule is Nc1nc(Nc2ccc(Oc3ccccc3)cc2)cc(N2CCc3ccccc3C2)n1. The second-order valence-corrected chi connectivity index (χ2v) is 7.47. The first-order valence-electron chi connectivity index (χ1n) is 10.3. The van der Waals surface area contributed by atoms with Crippen LogP contribution < -0.4 is 20.7 Å². The highest BCUT2D eigenvalue weighted by Crippen LogP contribution is 2.27. The molecule has 31 heavy (non-hydrogen) atoms. The van der Waals surface area contributed by atoms with Crippen molar-refractivity contribution in [1.29, 1.82) is 0 Å². The average Bonchev–Trinajstić information content (AvgIpc) is 2.80. The van der Waals surface area contributed by atoms with Gasteiger partial charge in [0, 0.05) is 24.8 Å². The number of fused-ring (bicyclic) bond motifs is 1. The Morgan fingerprint density at radius 2 is 1.52 bits per heavy atom. The molecule has 3 N–H and O–H groups in total. The number of rotatable bonds is 5. The summed E-state index contributed by atoms with van der Waals surface area (Å²) < 4.78 is 5.85. The standard InChI is InChI=1S/C25H23N5O/c26-25-28-23(16-24(29-25)30-15-14-18-6-4-5-7-19(18)17-30)27-20-10-12-22(13-11-20)31-21-8-2-1-3-9-21/h1-13,16H,14-15,17H2,(H3,26,27,28,29). The highest BCUT2D eigenvalue weighted by atomic mass is 16.5. The van der Waals surface area contributed by atoms with Gasteiger partial charge in [-0.25, -0.2) is 0 Å². The van der Waals surface area contributed by atoms with Crippen molar-refractivity contribution < 1.29 is 4.74 Å². The number of para-hydroxylation sites is 1. The molecule has 6 heteroatoms. The van der Waals surface area contributed by atoms with E-state index in [-0.39, 0.29) is 5.95 Å². The van der Waals surface area contributed by atoms with E-state index in [4.69, 9.17) is 10.5 Å². The second-order valence-electron chi connectivity index (χ2n) is 7.47. The summed E-state index contributed by atoms with van der Waals surface area (Å²) in [6, 6.07) is 27.9. The first kappa shape index (κ1) is 18.9. The van der Waals surface area contributed by atoms with Crippen molar-refractivity contribution in [1.82, 2.24) is 9.97 Å². The quantitative estimate of drug-likeness (QED) is 0.474. The molecule has 6 nitrogen and oxygen atoms in total. The zero-order valence-electron chi connectivity index (χ0n) is 17.0. The maximum Gasteiger partial charge on any atom is 0.223 e. The molecule has 1 aliphatic rings. The molecule has 0 bridgehead atoms. The lowest BCUT2D eigenvalue weighted by molar-refractivity contribution is 0.483. The molecule has 5 rings (SSSR count). The minimum atomic E-state index is 0.253. The van der Waals surface area contributed by atoms with Crippen LogP contribution in [0.1, 0.15) is 11.1 Å². The molecule has 1 aromatic heterocycles. The predicted molar refractivity (Wildman–Crippen MR) is 124 cm³/mol. The zero-order chi connectivity index (χ0) is 21.0. The van der Waals surface area contributed by atoms with E-state index in [0.29, 0.717) is 5.82 Å². The Kier molecular flexibility index (Phi) is 5.10. The van der Waals surface area contributed by atoms with E-state index < -0.39 is 0 Å². The van der Waals surface area contributed by atoms with Gasteiger partial charge in [0.2, 0.25) is 5.95 Å². The van der Waals surface area contributed by atoms with Crippen LogP contribution in [0, 0.1) is 0 Å². The van der Waals surface area contributed by atoms with Crippen LogP contribution in [0.25, 0.3) is 0 Å². The normalized spacial score (nSPS) is 12.8. The molecular formula is C25H23N5O. The van der Waals surface area contributed by atoms with Crippen LogP contribution in [0.15, 0.2) is 84.9 Å². The van der Waals surface area contributed by atoms with Crippen molar-refractivity contribution in [3.05, 3.63) is 96.1 Å². The smallest absolute Gasteiger partial charge is 0.223 e. The van der Waals surface area contributed by atoms with Gasteiger partial charge in [-0.05, 0) is 53.9 Å². The lowest BCUT2D eigenvalue weighted by Crippen LogP contribution is -2.31. The largest absolute Gasteiger partial charge is 0.457 e. The Morgan fingerprint density at radius 3 is 2.32 bits per heavy atom. The predicted octanol–water partition coefficient (Wildman–Crippen LogP) is 5.16. The molecule has 0 atom stereocenters. The summed E-state index contributed by atoms with van der Waals surface area (Å²) in [4.78, 5) is 11.1. The highest BCUT2D eigenvalue weighted by Gasteiger charge is 2.18. The molecule has 0 spiro atoms. The Morgan fingerprint density at radius 1 is 0.806 bits per heavy atom. The molecule has 0 aliphatic carbocycles. The Hall–Kier alpha value is -4.06. The van der Waals surface area contributed by atoms with Crippen LogP contribution in [0.2, 0.25) is 0 Å². The van der Waals surface area contributed by atoms with Crippen LogP contribution in [0.5, 0.6) is 11.5 Å². The van der Waals surface area contributed by atoms with E-state index in [1.165, 1.54) is 11.1 Å². The summed E-state index contributed by atoms with van der Waals surface area (Å²) in [5.41, 5.74) is 9.64. The molecule has 0 radical (unpaired) electrons. The minimum Gasteiger partial charge on any atom is -0.457 e. The third kappa shape index (κ3) is 4.43. The molecule has 3 aromatic carbocycles. The van der Waals surface area contributed by atoms with Crippen molar-refractivity contribution >= 4 is 23.3 Å². The molecule has 0 saturated carbocycles. The van der Waals surface area contributed by atoms with Gasteiger partial charge in [0.15, 0.2) is 0 Å². The van der Waals surface area contributed by atoms with Crippen molar-refractivity contribution in [2.75, 3.05) is 22.5 Å². The molecule has 0 amide bonds. The number of ether oxygens (including phenoxy) is 1. The summed E-state index contributed by atoms with van der Waals surface area (Å²) in [6.45, 7) is 1.72. The summed E-state index contributed by atoms with van der Waals surface area (Å²) >= 11 is 0. The van der Waals surface area contributed by atoms with E-state index in [9.17, 15) is 0 Å². The van der Waals surface area contributed by atoms with Crippen LogP contribution in [-0.2, 0) is 13.0 Å². The fraction of sp³-hybridized carbons (Fsp3) is 0.120.